The third kappa shape index (κ3) is 3.35. The smallest absolute Gasteiger partial charge is 0.416 e. The van der Waals surface area contributed by atoms with Crippen molar-refractivity contribution in [2.24, 2.45) is 4.99 Å². The fourth-order valence-corrected chi connectivity index (χ4v) is 2.94. The number of rotatable bonds is 3. The number of halogens is 3. The van der Waals surface area contributed by atoms with Gasteiger partial charge < -0.3 is 5.11 Å². The molecule has 0 atom stereocenters. The van der Waals surface area contributed by atoms with E-state index in [9.17, 15) is 23.1 Å². The van der Waals surface area contributed by atoms with Crippen molar-refractivity contribution in [2.75, 3.05) is 0 Å². The second-order valence-electron chi connectivity index (χ2n) is 6.04. The van der Waals surface area contributed by atoms with Crippen LogP contribution in [0.2, 0.25) is 0 Å². The van der Waals surface area contributed by atoms with Crippen LogP contribution >= 0.6 is 0 Å². The van der Waals surface area contributed by atoms with Crippen molar-refractivity contribution in [1.29, 1.82) is 0 Å². The summed E-state index contributed by atoms with van der Waals surface area (Å²) in [7, 11) is 0. The number of aromatic amines is 1. The van der Waals surface area contributed by atoms with Gasteiger partial charge in [-0.25, -0.2) is 14.7 Å². The number of hydrogen-bond donors (Lipinski definition) is 2. The fourth-order valence-electron chi connectivity index (χ4n) is 2.94. The van der Waals surface area contributed by atoms with E-state index < -0.39 is 23.2 Å². The minimum absolute atomic E-state index is 0.123. The molecule has 0 aliphatic heterocycles. The van der Waals surface area contributed by atoms with E-state index in [4.69, 9.17) is 0 Å². The maximum atomic E-state index is 13.1. The van der Waals surface area contributed by atoms with E-state index in [0.717, 1.165) is 16.7 Å². The molecule has 0 aliphatic rings. The van der Waals surface area contributed by atoms with E-state index in [1.807, 2.05) is 0 Å². The molecule has 4 aromatic rings. The van der Waals surface area contributed by atoms with Crippen LogP contribution in [-0.4, -0.2) is 31.1 Å². The quantitative estimate of drug-likeness (QED) is 0.515. The molecule has 0 amide bonds. The Morgan fingerprint density at radius 2 is 1.86 bits per heavy atom. The standard InChI is InChI=1S/C19H12F3N5O2/c20-19(21,22)11-4-3-5-12(8-11)27-16(28)14-7-2-1-6-13(14)15(17(27)29)9-23-18-24-10-25-26-18/h1-10,29H,(H,24,25,26). The molecule has 0 unspecified atom stereocenters. The van der Waals surface area contributed by atoms with Crippen LogP contribution in [0.4, 0.5) is 19.1 Å². The SMILES string of the molecule is O=c1c2ccccc2c(C=Nc2ncn[nH]2)c(O)n1-c1cccc(C(F)(F)F)c1. The molecule has 7 nitrogen and oxygen atoms in total. The molecule has 0 aliphatic carbocycles. The van der Waals surface area contributed by atoms with Crippen molar-refractivity contribution >= 4 is 22.9 Å². The number of fused-ring (bicyclic) bond motifs is 1. The van der Waals surface area contributed by atoms with Crippen LogP contribution in [-0.2, 0) is 6.18 Å². The Balaban J connectivity index is 2.00. The summed E-state index contributed by atoms with van der Waals surface area (Å²) >= 11 is 0. The maximum absolute atomic E-state index is 13.1. The highest BCUT2D eigenvalue weighted by Gasteiger charge is 2.31. The van der Waals surface area contributed by atoms with Crippen LogP contribution in [0.3, 0.4) is 0 Å². The predicted molar refractivity (Wildman–Crippen MR) is 99.8 cm³/mol. The van der Waals surface area contributed by atoms with Crippen LogP contribution in [0, 0.1) is 0 Å². The summed E-state index contributed by atoms with van der Waals surface area (Å²) in [4.78, 5) is 20.8. The van der Waals surface area contributed by atoms with Gasteiger partial charge in [-0.3, -0.25) is 4.79 Å². The van der Waals surface area contributed by atoms with Gasteiger partial charge in [0.1, 0.15) is 6.33 Å². The van der Waals surface area contributed by atoms with Gasteiger partial charge in [0.15, 0.2) is 0 Å². The summed E-state index contributed by atoms with van der Waals surface area (Å²) in [6.45, 7) is 0. The predicted octanol–water partition coefficient (Wildman–Crippen LogP) is 3.58. The van der Waals surface area contributed by atoms with Crippen LogP contribution in [0.5, 0.6) is 5.88 Å². The second-order valence-corrected chi connectivity index (χ2v) is 6.04. The highest BCUT2D eigenvalue weighted by Crippen LogP contribution is 2.32. The van der Waals surface area contributed by atoms with Gasteiger partial charge in [-0.2, -0.15) is 23.3 Å². The van der Waals surface area contributed by atoms with Crippen molar-refractivity contribution in [3.63, 3.8) is 0 Å². The van der Waals surface area contributed by atoms with E-state index in [1.165, 1.54) is 30.7 Å². The first-order valence-corrected chi connectivity index (χ1v) is 8.30. The Morgan fingerprint density at radius 1 is 1.10 bits per heavy atom. The third-order valence-electron chi connectivity index (χ3n) is 4.25. The Morgan fingerprint density at radius 3 is 2.55 bits per heavy atom. The first kappa shape index (κ1) is 18.4. The van der Waals surface area contributed by atoms with Gasteiger partial charge in [0.2, 0.25) is 11.8 Å². The number of aliphatic imine (C=N–C) groups is 1. The maximum Gasteiger partial charge on any atom is 0.416 e. The lowest BCUT2D eigenvalue weighted by molar-refractivity contribution is -0.137. The lowest BCUT2D eigenvalue weighted by Crippen LogP contribution is -2.20. The molecule has 2 aromatic heterocycles. The molecule has 146 valence electrons. The van der Waals surface area contributed by atoms with Crippen LogP contribution in [0.25, 0.3) is 16.5 Å². The van der Waals surface area contributed by atoms with Gasteiger partial charge in [0.05, 0.1) is 16.8 Å². The zero-order valence-electron chi connectivity index (χ0n) is 14.6. The molecule has 10 heteroatoms. The molecule has 0 radical (unpaired) electrons. The summed E-state index contributed by atoms with van der Waals surface area (Å²) in [5.41, 5.74) is -1.57. The largest absolute Gasteiger partial charge is 0.494 e. The summed E-state index contributed by atoms with van der Waals surface area (Å²) in [5.74, 6) is -0.387. The molecule has 0 fully saturated rings. The summed E-state index contributed by atoms with van der Waals surface area (Å²) in [6.07, 6.45) is -2.08. The monoisotopic (exact) mass is 399 g/mol. The van der Waals surface area contributed by atoms with Crippen molar-refractivity contribution in [3.8, 4) is 11.6 Å². The van der Waals surface area contributed by atoms with Gasteiger partial charge in [-0.05, 0) is 24.3 Å². The highest BCUT2D eigenvalue weighted by molar-refractivity contribution is 6.02. The number of nitrogens with zero attached hydrogens (tertiary/aromatic N) is 4. The van der Waals surface area contributed by atoms with E-state index in [1.54, 1.807) is 18.2 Å². The first-order valence-electron chi connectivity index (χ1n) is 8.30. The van der Waals surface area contributed by atoms with Crippen LogP contribution in [0.15, 0.2) is 64.6 Å². The Kier molecular flexibility index (Phi) is 4.38. The number of alkyl halides is 3. The average molecular weight is 399 g/mol. The molecule has 2 N–H and O–H groups in total. The number of pyridine rings is 1. The van der Waals surface area contributed by atoms with E-state index >= 15 is 0 Å². The Bertz CT molecular complexity index is 1280. The topological polar surface area (TPSA) is 96.2 Å². The van der Waals surface area contributed by atoms with Gasteiger partial charge in [0.25, 0.3) is 5.56 Å². The van der Waals surface area contributed by atoms with Crippen LogP contribution < -0.4 is 5.56 Å². The number of nitrogens with one attached hydrogen (secondary N) is 1. The fraction of sp³-hybridized carbons (Fsp3) is 0.0526. The lowest BCUT2D eigenvalue weighted by Gasteiger charge is -2.15. The number of hydrogen-bond acceptors (Lipinski definition) is 5. The van der Waals surface area contributed by atoms with Crippen LogP contribution in [0.1, 0.15) is 11.1 Å². The molecule has 4 rings (SSSR count). The van der Waals surface area contributed by atoms with E-state index in [2.05, 4.69) is 20.2 Å². The molecule has 0 saturated carbocycles. The zero-order chi connectivity index (χ0) is 20.6. The lowest BCUT2D eigenvalue weighted by atomic mass is 10.1. The number of benzene rings is 2. The number of aromatic nitrogens is 4. The second kappa shape index (κ2) is 6.89. The van der Waals surface area contributed by atoms with E-state index in [-0.39, 0.29) is 22.6 Å². The summed E-state index contributed by atoms with van der Waals surface area (Å²) in [6, 6.07) is 10.6. The Hall–Kier alpha value is -3.95. The molecular formula is C19H12F3N5O2. The molecule has 0 bridgehead atoms. The molecule has 2 aromatic carbocycles. The van der Waals surface area contributed by atoms with Gasteiger partial charge in [-0.1, -0.05) is 24.3 Å². The molecule has 0 spiro atoms. The highest BCUT2D eigenvalue weighted by atomic mass is 19.4. The minimum Gasteiger partial charge on any atom is -0.494 e. The third-order valence-corrected chi connectivity index (χ3v) is 4.25. The summed E-state index contributed by atoms with van der Waals surface area (Å²) in [5, 5.41) is 17.6. The molecule has 0 saturated heterocycles. The average Bonchev–Trinajstić information content (AvgIpc) is 3.21. The van der Waals surface area contributed by atoms with Crippen molar-refractivity contribution in [3.05, 3.63) is 76.3 Å². The molecule has 29 heavy (non-hydrogen) atoms. The number of aromatic hydroxyl groups is 1. The first-order chi connectivity index (χ1) is 13.9. The van der Waals surface area contributed by atoms with Crippen molar-refractivity contribution < 1.29 is 18.3 Å². The summed E-state index contributed by atoms with van der Waals surface area (Å²) < 4.78 is 40.1. The minimum atomic E-state index is -4.59. The van der Waals surface area contributed by atoms with Gasteiger partial charge in [0, 0.05) is 17.0 Å². The van der Waals surface area contributed by atoms with Crippen molar-refractivity contribution in [1.82, 2.24) is 19.7 Å². The molecule has 2 heterocycles. The number of H-pyrrole nitrogens is 1. The van der Waals surface area contributed by atoms with E-state index in [0.29, 0.717) is 5.39 Å². The van der Waals surface area contributed by atoms with Gasteiger partial charge >= 0.3 is 6.18 Å². The Labute approximate surface area is 160 Å². The normalized spacial score (nSPS) is 12.1. The van der Waals surface area contributed by atoms with Crippen molar-refractivity contribution in [2.45, 2.75) is 6.18 Å². The zero-order valence-corrected chi connectivity index (χ0v) is 14.6. The van der Waals surface area contributed by atoms with Gasteiger partial charge in [-0.15, -0.1) is 0 Å². The molecular weight excluding hydrogens is 387 g/mol.